The lowest BCUT2D eigenvalue weighted by Crippen LogP contribution is -2.36. The van der Waals surface area contributed by atoms with Gasteiger partial charge in [0.05, 0.1) is 26.4 Å². The molecule has 2 rings (SSSR count). The number of ether oxygens (including phenoxy) is 1. The average molecular weight is 486 g/mol. The number of benzene rings is 1. The summed E-state index contributed by atoms with van der Waals surface area (Å²) >= 11 is 0. The van der Waals surface area contributed by atoms with E-state index in [1.807, 2.05) is 26.0 Å². The number of methoxy groups -OCH3 is 1. The third-order valence-electron chi connectivity index (χ3n) is 3.94. The van der Waals surface area contributed by atoms with Crippen LogP contribution in [-0.2, 0) is 18.5 Å². The van der Waals surface area contributed by atoms with Crippen molar-refractivity contribution in [2.24, 2.45) is 4.99 Å². The highest BCUT2D eigenvalue weighted by molar-refractivity contribution is 14.0. The molecule has 0 aliphatic heterocycles. The summed E-state index contributed by atoms with van der Waals surface area (Å²) in [7, 11) is 1.68. The molecule has 0 spiro atoms. The zero-order chi connectivity index (χ0) is 19.2. The van der Waals surface area contributed by atoms with E-state index in [0.29, 0.717) is 19.0 Å². The van der Waals surface area contributed by atoms with Crippen LogP contribution in [0, 0.1) is 6.92 Å². The van der Waals surface area contributed by atoms with E-state index in [2.05, 4.69) is 47.4 Å². The van der Waals surface area contributed by atoms with Crippen molar-refractivity contribution in [3.05, 3.63) is 47.2 Å². The number of guanidine groups is 1. The minimum Gasteiger partial charge on any atom is -0.496 e. The van der Waals surface area contributed by atoms with Gasteiger partial charge >= 0.3 is 0 Å². The molecule has 0 radical (unpaired) electrons. The molecule has 1 aromatic carbocycles. The smallest absolute Gasteiger partial charge is 0.213 e. The number of nitrogens with zero attached hydrogens (tertiary/aromatic N) is 2. The van der Waals surface area contributed by atoms with Gasteiger partial charge in [0.1, 0.15) is 11.5 Å². The van der Waals surface area contributed by atoms with Crippen LogP contribution in [0.15, 0.2) is 33.8 Å². The minimum absolute atomic E-state index is 0. The first-order valence-electron chi connectivity index (χ1n) is 8.94. The first kappa shape index (κ1) is 23.3. The predicted molar refractivity (Wildman–Crippen MR) is 120 cm³/mol. The van der Waals surface area contributed by atoms with E-state index in [-0.39, 0.29) is 29.4 Å². The predicted octanol–water partition coefficient (Wildman–Crippen LogP) is 4.16. The van der Waals surface area contributed by atoms with Gasteiger partial charge < -0.3 is 19.8 Å². The minimum atomic E-state index is -0.0473. The number of aromatic nitrogens is 1. The molecule has 0 fully saturated rings. The second-order valence-corrected chi connectivity index (χ2v) is 7.22. The topological polar surface area (TPSA) is 71.7 Å². The lowest BCUT2D eigenvalue weighted by molar-refractivity contribution is 0.379. The van der Waals surface area contributed by atoms with Gasteiger partial charge in [-0.05, 0) is 31.0 Å². The molecule has 27 heavy (non-hydrogen) atoms. The van der Waals surface area contributed by atoms with Crippen molar-refractivity contribution in [3.63, 3.8) is 0 Å². The van der Waals surface area contributed by atoms with Gasteiger partial charge in [0, 0.05) is 12.0 Å². The standard InChI is InChI=1S/C20H30N4O2.HI/c1-7-21-19(23-11-15-9-8-14(2)16(10-15)25-6)24-13-18-22-12-17(26-18)20(3,4)5;/h8-10,12H,7,11,13H2,1-6H3,(H2,21,23,24);1H. The highest BCUT2D eigenvalue weighted by Gasteiger charge is 2.19. The number of aryl methyl sites for hydroxylation is 1. The number of aliphatic imine (C=N–C) groups is 1. The lowest BCUT2D eigenvalue weighted by Gasteiger charge is -2.13. The third kappa shape index (κ3) is 7.04. The molecule has 0 bridgehead atoms. The quantitative estimate of drug-likeness (QED) is 0.365. The fourth-order valence-electron chi connectivity index (χ4n) is 2.37. The van der Waals surface area contributed by atoms with Crippen LogP contribution < -0.4 is 15.4 Å². The van der Waals surface area contributed by atoms with Crippen molar-refractivity contribution in [2.75, 3.05) is 13.7 Å². The number of hydrogen-bond donors (Lipinski definition) is 2. The van der Waals surface area contributed by atoms with Crippen molar-refractivity contribution in [2.45, 2.75) is 53.1 Å². The maximum atomic E-state index is 5.81. The summed E-state index contributed by atoms with van der Waals surface area (Å²) in [5, 5.41) is 6.50. The van der Waals surface area contributed by atoms with Gasteiger partial charge in [-0.3, -0.25) is 0 Å². The molecular weight excluding hydrogens is 455 g/mol. The second-order valence-electron chi connectivity index (χ2n) is 7.22. The molecule has 2 N–H and O–H groups in total. The van der Waals surface area contributed by atoms with Crippen LogP contribution in [0.3, 0.4) is 0 Å². The SMILES string of the molecule is CCNC(=NCc1ccc(C)c(OC)c1)NCc1ncc(C(C)(C)C)o1.I. The van der Waals surface area contributed by atoms with E-state index >= 15 is 0 Å². The maximum Gasteiger partial charge on any atom is 0.213 e. The van der Waals surface area contributed by atoms with E-state index < -0.39 is 0 Å². The van der Waals surface area contributed by atoms with Gasteiger partial charge in [-0.2, -0.15) is 0 Å². The van der Waals surface area contributed by atoms with Gasteiger partial charge in [0.15, 0.2) is 5.96 Å². The Hall–Kier alpha value is -1.77. The van der Waals surface area contributed by atoms with Crippen LogP contribution in [0.2, 0.25) is 0 Å². The Balaban J connectivity index is 0.00000364. The van der Waals surface area contributed by atoms with Gasteiger partial charge in [-0.15, -0.1) is 24.0 Å². The molecule has 6 nitrogen and oxygen atoms in total. The Kier molecular flexibility index (Phi) is 9.08. The first-order valence-corrected chi connectivity index (χ1v) is 8.94. The van der Waals surface area contributed by atoms with E-state index in [9.17, 15) is 0 Å². The fraction of sp³-hybridized carbons (Fsp3) is 0.500. The number of rotatable bonds is 6. The summed E-state index contributed by atoms with van der Waals surface area (Å²) in [5.74, 6) is 3.13. The van der Waals surface area contributed by atoms with Crippen molar-refractivity contribution in [1.29, 1.82) is 0 Å². The average Bonchev–Trinajstić information content (AvgIpc) is 3.08. The molecular formula is C20H31IN4O2. The Labute approximate surface area is 179 Å². The zero-order valence-corrected chi connectivity index (χ0v) is 19.4. The van der Waals surface area contributed by atoms with Crippen LogP contribution in [0.25, 0.3) is 0 Å². The summed E-state index contributed by atoms with van der Waals surface area (Å²) in [5.41, 5.74) is 2.16. The van der Waals surface area contributed by atoms with Gasteiger partial charge in [-0.1, -0.05) is 32.9 Å². The van der Waals surface area contributed by atoms with Crippen LogP contribution in [0.4, 0.5) is 0 Å². The molecule has 0 atom stereocenters. The first-order chi connectivity index (χ1) is 12.3. The Bertz CT molecular complexity index is 751. The Morgan fingerprint density at radius 1 is 1.26 bits per heavy atom. The van der Waals surface area contributed by atoms with Crippen molar-refractivity contribution >= 4 is 29.9 Å². The molecule has 0 saturated heterocycles. The van der Waals surface area contributed by atoms with Gasteiger partial charge in [0.25, 0.3) is 0 Å². The van der Waals surface area contributed by atoms with Crippen LogP contribution in [0.5, 0.6) is 5.75 Å². The summed E-state index contributed by atoms with van der Waals surface area (Å²) in [4.78, 5) is 8.97. The van der Waals surface area contributed by atoms with E-state index in [1.165, 1.54) is 0 Å². The number of nitrogens with one attached hydrogen (secondary N) is 2. The molecule has 150 valence electrons. The number of halogens is 1. The Morgan fingerprint density at radius 3 is 2.59 bits per heavy atom. The van der Waals surface area contributed by atoms with Crippen molar-refractivity contribution in [3.8, 4) is 5.75 Å². The molecule has 1 aromatic heterocycles. The zero-order valence-electron chi connectivity index (χ0n) is 17.0. The molecule has 0 unspecified atom stereocenters. The van der Waals surface area contributed by atoms with Gasteiger partial charge in [-0.25, -0.2) is 9.98 Å². The highest BCUT2D eigenvalue weighted by Crippen LogP contribution is 2.22. The van der Waals surface area contributed by atoms with Gasteiger partial charge in [0.2, 0.25) is 5.89 Å². The molecule has 1 heterocycles. The van der Waals surface area contributed by atoms with Crippen molar-refractivity contribution in [1.82, 2.24) is 15.6 Å². The normalized spacial score (nSPS) is 11.7. The van der Waals surface area contributed by atoms with E-state index in [1.54, 1.807) is 13.3 Å². The molecule has 0 aliphatic rings. The van der Waals surface area contributed by atoms with Crippen molar-refractivity contribution < 1.29 is 9.15 Å². The largest absolute Gasteiger partial charge is 0.496 e. The summed E-state index contributed by atoms with van der Waals surface area (Å²) in [6.45, 7) is 12.2. The number of hydrogen-bond acceptors (Lipinski definition) is 4. The molecule has 0 saturated carbocycles. The summed E-state index contributed by atoms with van der Waals surface area (Å²) in [6.07, 6.45) is 1.79. The Morgan fingerprint density at radius 2 is 2.00 bits per heavy atom. The lowest BCUT2D eigenvalue weighted by atomic mass is 9.94. The molecule has 0 aliphatic carbocycles. The van der Waals surface area contributed by atoms with E-state index in [0.717, 1.165) is 35.1 Å². The molecule has 2 aromatic rings. The molecule has 0 amide bonds. The second kappa shape index (κ2) is 10.5. The summed E-state index contributed by atoms with van der Waals surface area (Å²) in [6, 6.07) is 6.13. The van der Waals surface area contributed by atoms with Crippen LogP contribution in [-0.4, -0.2) is 24.6 Å². The maximum absolute atomic E-state index is 5.81. The molecule has 7 heteroatoms. The van der Waals surface area contributed by atoms with Crippen LogP contribution >= 0.6 is 24.0 Å². The highest BCUT2D eigenvalue weighted by atomic mass is 127. The summed E-state index contributed by atoms with van der Waals surface area (Å²) < 4.78 is 11.2. The van der Waals surface area contributed by atoms with Crippen LogP contribution in [0.1, 0.15) is 50.5 Å². The number of oxazole rings is 1. The monoisotopic (exact) mass is 486 g/mol. The van der Waals surface area contributed by atoms with E-state index in [4.69, 9.17) is 9.15 Å². The third-order valence-corrected chi connectivity index (χ3v) is 3.94. The fourth-order valence-corrected chi connectivity index (χ4v) is 2.37.